The van der Waals surface area contributed by atoms with Crippen molar-refractivity contribution in [1.29, 1.82) is 0 Å². The minimum absolute atomic E-state index is 0.171. The summed E-state index contributed by atoms with van der Waals surface area (Å²) in [6.45, 7) is 0.679. The summed E-state index contributed by atoms with van der Waals surface area (Å²) in [5, 5.41) is 13.9. The van der Waals surface area contributed by atoms with Crippen molar-refractivity contribution in [3.8, 4) is 0 Å². The Morgan fingerprint density at radius 2 is 2.20 bits per heavy atom. The highest BCUT2D eigenvalue weighted by Gasteiger charge is 2.27. The van der Waals surface area contributed by atoms with Crippen LogP contribution in [0, 0.1) is 16.0 Å². The number of nitrogens with one attached hydrogen (secondary N) is 1. The number of carbonyl (C=O) groups excluding carboxylic acids is 1. The molecule has 0 atom stereocenters. The molecule has 1 fully saturated rings. The number of nitro benzene ring substituents is 1. The lowest BCUT2D eigenvalue weighted by molar-refractivity contribution is -0.383. The molecule has 20 heavy (non-hydrogen) atoms. The zero-order valence-electron chi connectivity index (χ0n) is 11.4. The maximum atomic E-state index is 12.3. The number of benzene rings is 1. The van der Waals surface area contributed by atoms with Crippen molar-refractivity contribution >= 4 is 28.9 Å². The Kier molecular flexibility index (Phi) is 4.13. The largest absolute Gasteiger partial charge is 0.381 e. The van der Waals surface area contributed by atoms with Crippen molar-refractivity contribution in [2.24, 2.45) is 5.92 Å². The van der Waals surface area contributed by atoms with Gasteiger partial charge in [-0.1, -0.05) is 11.6 Å². The quantitative estimate of drug-likeness (QED) is 0.670. The van der Waals surface area contributed by atoms with Gasteiger partial charge in [0.05, 0.1) is 9.95 Å². The molecule has 0 unspecified atom stereocenters. The van der Waals surface area contributed by atoms with Crippen molar-refractivity contribution in [3.63, 3.8) is 0 Å². The number of hydrogen-bond donors (Lipinski definition) is 1. The van der Waals surface area contributed by atoms with E-state index < -0.39 is 4.92 Å². The molecule has 1 aromatic carbocycles. The summed E-state index contributed by atoms with van der Waals surface area (Å²) in [5.74, 6) is 0.315. The minimum atomic E-state index is -0.546. The third-order valence-electron chi connectivity index (χ3n) is 3.34. The van der Waals surface area contributed by atoms with Gasteiger partial charge in [-0.25, -0.2) is 0 Å². The molecule has 108 valence electrons. The molecule has 0 aromatic heterocycles. The van der Waals surface area contributed by atoms with Crippen molar-refractivity contribution < 1.29 is 9.72 Å². The van der Waals surface area contributed by atoms with Crippen LogP contribution >= 0.6 is 11.6 Å². The molecule has 1 aliphatic carbocycles. The van der Waals surface area contributed by atoms with Crippen LogP contribution < -0.4 is 5.32 Å². The topological polar surface area (TPSA) is 75.5 Å². The minimum Gasteiger partial charge on any atom is -0.381 e. The second-order valence-electron chi connectivity index (χ2n) is 4.99. The molecule has 2 rings (SSSR count). The molecule has 0 radical (unpaired) electrons. The van der Waals surface area contributed by atoms with Crippen molar-refractivity contribution in [2.45, 2.75) is 12.8 Å². The van der Waals surface area contributed by atoms with Gasteiger partial charge in [0.25, 0.3) is 11.6 Å². The Morgan fingerprint density at radius 1 is 1.55 bits per heavy atom. The molecular formula is C13H16ClN3O3. The highest BCUT2D eigenvalue weighted by Crippen LogP contribution is 2.34. The molecule has 0 saturated heterocycles. The lowest BCUT2D eigenvalue weighted by atomic mass is 10.1. The van der Waals surface area contributed by atoms with Gasteiger partial charge in [0.15, 0.2) is 0 Å². The summed E-state index contributed by atoms with van der Waals surface area (Å²) in [7, 11) is 3.25. The first-order valence-electron chi connectivity index (χ1n) is 6.35. The maximum absolute atomic E-state index is 12.3. The number of rotatable bonds is 5. The summed E-state index contributed by atoms with van der Waals surface area (Å²) in [4.78, 5) is 24.3. The van der Waals surface area contributed by atoms with E-state index in [0.29, 0.717) is 12.5 Å². The number of carbonyl (C=O) groups is 1. The fourth-order valence-electron chi connectivity index (χ4n) is 2.10. The number of halogens is 1. The van der Waals surface area contributed by atoms with Gasteiger partial charge < -0.3 is 10.2 Å². The SMILES string of the molecule is CNc1c(Cl)cc(C(=O)N(C)CC2CC2)cc1[N+](=O)[O-]. The molecule has 6 nitrogen and oxygen atoms in total. The monoisotopic (exact) mass is 297 g/mol. The number of nitro groups is 1. The summed E-state index contributed by atoms with van der Waals surface area (Å²) < 4.78 is 0. The van der Waals surface area contributed by atoms with E-state index in [1.54, 1.807) is 19.0 Å². The Hall–Kier alpha value is -1.82. The van der Waals surface area contributed by atoms with Crippen molar-refractivity contribution in [2.75, 3.05) is 26.0 Å². The Morgan fingerprint density at radius 3 is 2.70 bits per heavy atom. The molecule has 1 N–H and O–H groups in total. The molecule has 0 heterocycles. The highest BCUT2D eigenvalue weighted by atomic mass is 35.5. The molecule has 7 heteroatoms. The van der Waals surface area contributed by atoms with Crippen LogP contribution in [0.5, 0.6) is 0 Å². The predicted octanol–water partition coefficient (Wildman–Crippen LogP) is 2.77. The molecule has 1 aromatic rings. The van der Waals surface area contributed by atoms with Crippen molar-refractivity contribution in [3.05, 3.63) is 32.8 Å². The van der Waals surface area contributed by atoms with Crippen LogP contribution in [0.4, 0.5) is 11.4 Å². The first-order valence-corrected chi connectivity index (χ1v) is 6.73. The number of anilines is 1. The maximum Gasteiger partial charge on any atom is 0.294 e. The van der Waals surface area contributed by atoms with Gasteiger partial charge in [-0.3, -0.25) is 14.9 Å². The Bertz CT molecular complexity index is 558. The smallest absolute Gasteiger partial charge is 0.294 e. The molecule has 0 bridgehead atoms. The molecular weight excluding hydrogens is 282 g/mol. The fourth-order valence-corrected chi connectivity index (χ4v) is 2.41. The molecule has 1 amide bonds. The van der Waals surface area contributed by atoms with Crippen LogP contribution in [0.1, 0.15) is 23.2 Å². The van der Waals surface area contributed by atoms with Crippen LogP contribution in [0.3, 0.4) is 0 Å². The summed E-state index contributed by atoms with van der Waals surface area (Å²) >= 11 is 6.01. The van der Waals surface area contributed by atoms with Crippen molar-refractivity contribution in [1.82, 2.24) is 4.90 Å². The van der Waals surface area contributed by atoms with Gasteiger partial charge in [-0.05, 0) is 24.8 Å². The zero-order valence-corrected chi connectivity index (χ0v) is 12.1. The third kappa shape index (κ3) is 3.01. The van der Waals surface area contributed by atoms with E-state index in [1.165, 1.54) is 12.1 Å². The van der Waals surface area contributed by atoms with E-state index in [4.69, 9.17) is 11.6 Å². The number of hydrogen-bond acceptors (Lipinski definition) is 4. The van der Waals surface area contributed by atoms with Gasteiger partial charge in [0.1, 0.15) is 5.69 Å². The van der Waals surface area contributed by atoms with E-state index >= 15 is 0 Å². The Balaban J connectivity index is 2.31. The van der Waals surface area contributed by atoms with E-state index in [9.17, 15) is 14.9 Å². The summed E-state index contributed by atoms with van der Waals surface area (Å²) in [6.07, 6.45) is 2.27. The van der Waals surface area contributed by atoms with Gasteiger partial charge in [-0.15, -0.1) is 0 Å². The second-order valence-corrected chi connectivity index (χ2v) is 5.40. The van der Waals surface area contributed by atoms with Gasteiger partial charge in [-0.2, -0.15) is 0 Å². The number of nitrogens with zero attached hydrogens (tertiary/aromatic N) is 2. The van der Waals surface area contributed by atoms with Crippen LogP contribution in [0.25, 0.3) is 0 Å². The second kappa shape index (κ2) is 5.66. The average molecular weight is 298 g/mol. The zero-order chi connectivity index (χ0) is 14.9. The first kappa shape index (κ1) is 14.6. The van der Waals surface area contributed by atoms with Crippen LogP contribution in [0.2, 0.25) is 5.02 Å². The standard InChI is InChI=1S/C13H16ClN3O3/c1-15-12-10(14)5-9(6-11(12)17(19)20)13(18)16(2)7-8-3-4-8/h5-6,8,15H,3-4,7H2,1-2H3. The summed E-state index contributed by atoms with van der Waals surface area (Å²) in [5.41, 5.74) is 0.269. The van der Waals surface area contributed by atoms with E-state index in [1.807, 2.05) is 0 Å². The van der Waals surface area contributed by atoms with Gasteiger partial charge >= 0.3 is 0 Å². The fraction of sp³-hybridized carbons (Fsp3) is 0.462. The average Bonchev–Trinajstić information content (AvgIpc) is 3.20. The molecule has 1 aliphatic rings. The molecule has 0 aliphatic heterocycles. The normalized spacial score (nSPS) is 13.9. The Labute approximate surface area is 121 Å². The lowest BCUT2D eigenvalue weighted by Gasteiger charge is -2.17. The highest BCUT2D eigenvalue weighted by molar-refractivity contribution is 6.34. The summed E-state index contributed by atoms with van der Waals surface area (Å²) in [6, 6.07) is 2.73. The molecule has 0 spiro atoms. The lowest BCUT2D eigenvalue weighted by Crippen LogP contribution is -2.28. The number of amides is 1. The molecule has 1 saturated carbocycles. The van der Waals surface area contributed by atoms with Crippen LogP contribution in [-0.4, -0.2) is 36.4 Å². The van der Waals surface area contributed by atoms with Crippen LogP contribution in [0.15, 0.2) is 12.1 Å². The first-order chi connectivity index (χ1) is 9.43. The van der Waals surface area contributed by atoms with Crippen LogP contribution in [-0.2, 0) is 0 Å². The van der Waals surface area contributed by atoms with E-state index in [-0.39, 0.29) is 27.9 Å². The van der Waals surface area contributed by atoms with Gasteiger partial charge in [0, 0.05) is 32.3 Å². The predicted molar refractivity (Wildman–Crippen MR) is 77.3 cm³/mol. The van der Waals surface area contributed by atoms with E-state index in [2.05, 4.69) is 5.32 Å². The third-order valence-corrected chi connectivity index (χ3v) is 3.64. The van der Waals surface area contributed by atoms with E-state index in [0.717, 1.165) is 12.8 Å². The van der Waals surface area contributed by atoms with Gasteiger partial charge in [0.2, 0.25) is 0 Å².